The Morgan fingerprint density at radius 1 is 1.07 bits per heavy atom. The minimum absolute atomic E-state index is 0. The van der Waals surface area contributed by atoms with Gasteiger partial charge in [0, 0.05) is 53.5 Å². The summed E-state index contributed by atoms with van der Waals surface area (Å²) >= 11 is 0. The Morgan fingerprint density at radius 3 is 2.55 bits per heavy atom. The van der Waals surface area contributed by atoms with Crippen molar-refractivity contribution >= 4 is 29.9 Å². The maximum absolute atomic E-state index is 5.48. The smallest absolute Gasteiger partial charge is 0.191 e. The molecule has 0 aliphatic carbocycles. The van der Waals surface area contributed by atoms with Crippen LogP contribution in [0.25, 0.3) is 0 Å². The van der Waals surface area contributed by atoms with Gasteiger partial charge >= 0.3 is 0 Å². The first-order chi connectivity index (χ1) is 13.8. The van der Waals surface area contributed by atoms with Gasteiger partial charge in [-0.25, -0.2) is 0 Å². The number of guanidine groups is 1. The number of hydrogen-bond donors (Lipinski definition) is 2. The number of ether oxygens (including phenoxy) is 3. The summed E-state index contributed by atoms with van der Waals surface area (Å²) in [5.41, 5.74) is 2.67. The topological polar surface area (TPSA) is 67.4 Å². The average Bonchev–Trinajstić information content (AvgIpc) is 2.74. The average molecular weight is 520 g/mol. The molecule has 8 heteroatoms. The van der Waals surface area contributed by atoms with Crippen molar-refractivity contribution < 1.29 is 14.2 Å². The lowest BCUT2D eigenvalue weighted by atomic mass is 10.1. The maximum atomic E-state index is 5.48. The summed E-state index contributed by atoms with van der Waals surface area (Å²) in [6.45, 7) is 8.35. The van der Waals surface area contributed by atoms with Crippen LogP contribution in [-0.2, 0) is 27.3 Å². The first-order valence-corrected chi connectivity index (χ1v) is 10.2. The second-order valence-electron chi connectivity index (χ2n) is 6.82. The van der Waals surface area contributed by atoms with Crippen molar-refractivity contribution in [3.63, 3.8) is 0 Å². The molecule has 0 amide bonds. The van der Waals surface area contributed by atoms with Crippen LogP contribution in [0.5, 0.6) is 0 Å². The van der Waals surface area contributed by atoms with Crippen LogP contribution >= 0.6 is 24.0 Å². The third-order valence-electron chi connectivity index (χ3n) is 4.73. The summed E-state index contributed by atoms with van der Waals surface area (Å²) < 4.78 is 15.9. The van der Waals surface area contributed by atoms with Gasteiger partial charge in [-0.15, -0.1) is 24.0 Å². The van der Waals surface area contributed by atoms with Gasteiger partial charge in [-0.1, -0.05) is 24.3 Å². The normalized spacial score (nSPS) is 15.0. The molecular weight excluding hydrogens is 483 g/mol. The fourth-order valence-electron chi connectivity index (χ4n) is 3.06. The lowest BCUT2D eigenvalue weighted by Crippen LogP contribution is -2.38. The molecule has 166 valence electrons. The van der Waals surface area contributed by atoms with E-state index in [0.29, 0.717) is 13.2 Å². The Labute approximate surface area is 192 Å². The molecule has 1 fully saturated rings. The van der Waals surface area contributed by atoms with E-state index in [0.717, 1.165) is 71.3 Å². The van der Waals surface area contributed by atoms with Crippen molar-refractivity contribution in [2.24, 2.45) is 4.99 Å². The number of hydrogen-bond acceptors (Lipinski definition) is 5. The molecule has 0 saturated carbocycles. The van der Waals surface area contributed by atoms with E-state index in [2.05, 4.69) is 44.8 Å². The molecule has 2 rings (SSSR count). The van der Waals surface area contributed by atoms with Gasteiger partial charge in [0.2, 0.25) is 0 Å². The van der Waals surface area contributed by atoms with E-state index >= 15 is 0 Å². The van der Waals surface area contributed by atoms with Crippen LogP contribution in [0.15, 0.2) is 29.3 Å². The van der Waals surface area contributed by atoms with Crippen molar-refractivity contribution in [1.29, 1.82) is 0 Å². The van der Waals surface area contributed by atoms with Gasteiger partial charge in [-0.05, 0) is 24.0 Å². The van der Waals surface area contributed by atoms with E-state index in [1.807, 2.05) is 7.05 Å². The van der Waals surface area contributed by atoms with Crippen LogP contribution in [0.4, 0.5) is 0 Å². The van der Waals surface area contributed by atoms with Crippen LogP contribution < -0.4 is 10.6 Å². The van der Waals surface area contributed by atoms with E-state index < -0.39 is 0 Å². The first kappa shape index (κ1) is 26.1. The van der Waals surface area contributed by atoms with Crippen LogP contribution in [0, 0.1) is 0 Å². The minimum Gasteiger partial charge on any atom is -0.382 e. The molecule has 0 spiro atoms. The van der Waals surface area contributed by atoms with E-state index in [9.17, 15) is 0 Å². The van der Waals surface area contributed by atoms with E-state index in [-0.39, 0.29) is 24.0 Å². The van der Waals surface area contributed by atoms with Gasteiger partial charge in [-0.3, -0.25) is 9.89 Å². The summed E-state index contributed by atoms with van der Waals surface area (Å²) in [5.74, 6) is 0.835. The Morgan fingerprint density at radius 2 is 1.83 bits per heavy atom. The number of unbranched alkanes of at least 4 members (excludes halogenated alkanes) is 1. The summed E-state index contributed by atoms with van der Waals surface area (Å²) in [5, 5.41) is 6.80. The van der Waals surface area contributed by atoms with Crippen LogP contribution in [0.1, 0.15) is 24.0 Å². The first-order valence-electron chi connectivity index (χ1n) is 10.2. The van der Waals surface area contributed by atoms with Crippen molar-refractivity contribution in [1.82, 2.24) is 15.5 Å². The quantitative estimate of drug-likeness (QED) is 0.191. The van der Waals surface area contributed by atoms with Crippen molar-refractivity contribution in [3.05, 3.63) is 35.4 Å². The predicted octanol–water partition coefficient (Wildman–Crippen LogP) is 2.25. The number of rotatable bonds is 12. The van der Waals surface area contributed by atoms with E-state index in [1.54, 1.807) is 7.11 Å². The largest absolute Gasteiger partial charge is 0.382 e. The molecule has 1 aliphatic heterocycles. The molecule has 0 bridgehead atoms. The van der Waals surface area contributed by atoms with Gasteiger partial charge in [0.15, 0.2) is 5.96 Å². The highest BCUT2D eigenvalue weighted by molar-refractivity contribution is 14.0. The molecule has 29 heavy (non-hydrogen) atoms. The highest BCUT2D eigenvalue weighted by atomic mass is 127. The standard InChI is InChI=1S/C21H36N4O3.HI/c1-22-21(23-9-5-6-12-27-16-15-26-2)24-17-19-7-3-4-8-20(19)18-25-10-13-28-14-11-25;/h3-4,7-8H,5-6,9-18H2,1-2H3,(H2,22,23,24);1H. The monoisotopic (exact) mass is 520 g/mol. The van der Waals surface area contributed by atoms with Gasteiger partial charge < -0.3 is 24.8 Å². The zero-order valence-electron chi connectivity index (χ0n) is 17.8. The number of nitrogens with zero attached hydrogens (tertiary/aromatic N) is 2. The minimum atomic E-state index is 0. The molecule has 0 radical (unpaired) electrons. The zero-order valence-corrected chi connectivity index (χ0v) is 20.2. The number of aliphatic imine (C=N–C) groups is 1. The van der Waals surface area contributed by atoms with Crippen LogP contribution in [0.3, 0.4) is 0 Å². The highest BCUT2D eigenvalue weighted by Gasteiger charge is 2.12. The fourth-order valence-corrected chi connectivity index (χ4v) is 3.06. The van der Waals surface area contributed by atoms with E-state index in [1.165, 1.54) is 11.1 Å². The number of benzene rings is 1. The van der Waals surface area contributed by atoms with Crippen molar-refractivity contribution in [2.75, 3.05) is 66.8 Å². The van der Waals surface area contributed by atoms with Gasteiger partial charge in [0.1, 0.15) is 0 Å². The summed E-state index contributed by atoms with van der Waals surface area (Å²) in [7, 11) is 3.50. The Hall–Kier alpha value is -0.940. The third-order valence-corrected chi connectivity index (χ3v) is 4.73. The molecule has 1 saturated heterocycles. The summed E-state index contributed by atoms with van der Waals surface area (Å²) in [6, 6.07) is 8.61. The SMILES string of the molecule is CN=C(NCCCCOCCOC)NCc1ccccc1CN1CCOCC1.I. The van der Waals surface area contributed by atoms with Gasteiger partial charge in [0.25, 0.3) is 0 Å². The Bertz CT molecular complexity index is 569. The zero-order chi connectivity index (χ0) is 19.9. The molecule has 0 unspecified atom stereocenters. The van der Waals surface area contributed by atoms with Crippen molar-refractivity contribution in [3.8, 4) is 0 Å². The van der Waals surface area contributed by atoms with E-state index in [4.69, 9.17) is 14.2 Å². The number of methoxy groups -OCH3 is 1. The van der Waals surface area contributed by atoms with Crippen molar-refractivity contribution in [2.45, 2.75) is 25.9 Å². The van der Waals surface area contributed by atoms with Crippen LogP contribution in [-0.4, -0.2) is 77.7 Å². The molecule has 0 aromatic heterocycles. The molecule has 1 aliphatic rings. The number of nitrogens with one attached hydrogen (secondary N) is 2. The molecule has 1 aromatic rings. The van der Waals surface area contributed by atoms with Crippen LogP contribution in [0.2, 0.25) is 0 Å². The Kier molecular flexibility index (Phi) is 15.1. The lowest BCUT2D eigenvalue weighted by Gasteiger charge is -2.27. The summed E-state index contributed by atoms with van der Waals surface area (Å²) in [4.78, 5) is 6.77. The number of halogens is 1. The second kappa shape index (κ2) is 16.8. The Balaban J connectivity index is 0.00000420. The summed E-state index contributed by atoms with van der Waals surface area (Å²) in [6.07, 6.45) is 2.07. The third kappa shape index (κ3) is 11.1. The molecular formula is C21H37IN4O3. The van der Waals surface area contributed by atoms with Gasteiger partial charge in [0.05, 0.1) is 26.4 Å². The fraction of sp³-hybridized carbons (Fsp3) is 0.667. The second-order valence-corrected chi connectivity index (χ2v) is 6.82. The molecule has 2 N–H and O–H groups in total. The lowest BCUT2D eigenvalue weighted by molar-refractivity contribution is 0.0341. The molecule has 1 aromatic carbocycles. The molecule has 1 heterocycles. The number of morpholine rings is 1. The van der Waals surface area contributed by atoms with Gasteiger partial charge in [-0.2, -0.15) is 0 Å². The molecule has 7 nitrogen and oxygen atoms in total. The predicted molar refractivity (Wildman–Crippen MR) is 128 cm³/mol. The highest BCUT2D eigenvalue weighted by Crippen LogP contribution is 2.13. The maximum Gasteiger partial charge on any atom is 0.191 e. The molecule has 0 atom stereocenters.